The Morgan fingerprint density at radius 3 is 2.50 bits per heavy atom. The zero-order chi connectivity index (χ0) is 10.6. The Balaban J connectivity index is 2.19. The molecule has 4 nitrogen and oxygen atoms in total. The van der Waals surface area contributed by atoms with Gasteiger partial charge in [-0.3, -0.25) is 4.79 Å². The van der Waals surface area contributed by atoms with Crippen LogP contribution >= 0.6 is 0 Å². The van der Waals surface area contributed by atoms with Crippen LogP contribution in [0.4, 0.5) is 0 Å². The van der Waals surface area contributed by atoms with Gasteiger partial charge in [-0.25, -0.2) is 0 Å². The van der Waals surface area contributed by atoms with Gasteiger partial charge in [-0.15, -0.1) is 0 Å². The van der Waals surface area contributed by atoms with Crippen LogP contribution in [0.2, 0.25) is 0 Å². The maximum absolute atomic E-state index is 11.0. The van der Waals surface area contributed by atoms with Gasteiger partial charge in [0.05, 0.1) is 0 Å². The fourth-order valence-electron chi connectivity index (χ4n) is 1.72. The summed E-state index contributed by atoms with van der Waals surface area (Å²) >= 11 is 0. The van der Waals surface area contributed by atoms with Crippen molar-refractivity contribution < 1.29 is 9.90 Å². The van der Waals surface area contributed by atoms with Gasteiger partial charge in [-0.05, 0) is 52.9 Å². The molecule has 0 spiro atoms. The highest BCUT2D eigenvalue weighted by Gasteiger charge is 2.43. The van der Waals surface area contributed by atoms with E-state index >= 15 is 0 Å². The Labute approximate surface area is 85.3 Å². The quantitative estimate of drug-likeness (QED) is 0.614. The van der Waals surface area contributed by atoms with Gasteiger partial charge in [0.1, 0.15) is 5.54 Å². The number of hydrogen-bond donors (Lipinski definition) is 2. The number of rotatable bonds is 6. The topological polar surface area (TPSA) is 52.6 Å². The lowest BCUT2D eigenvalue weighted by atomic mass is 9.77. The van der Waals surface area contributed by atoms with Crippen LogP contribution in [0.1, 0.15) is 25.7 Å². The van der Waals surface area contributed by atoms with Gasteiger partial charge in [0.15, 0.2) is 0 Å². The van der Waals surface area contributed by atoms with E-state index in [2.05, 4.69) is 10.2 Å². The molecule has 0 heterocycles. The number of nitrogens with one attached hydrogen (secondary N) is 1. The third-order valence-corrected chi connectivity index (χ3v) is 2.86. The molecule has 1 aliphatic carbocycles. The minimum absolute atomic E-state index is 0.591. The van der Waals surface area contributed by atoms with Gasteiger partial charge in [0.2, 0.25) is 0 Å². The van der Waals surface area contributed by atoms with E-state index in [1.165, 1.54) is 0 Å². The molecule has 0 aromatic heterocycles. The maximum atomic E-state index is 11.0. The molecule has 0 aliphatic heterocycles. The van der Waals surface area contributed by atoms with E-state index in [4.69, 9.17) is 5.11 Å². The number of hydrogen-bond acceptors (Lipinski definition) is 3. The van der Waals surface area contributed by atoms with Crippen LogP contribution in [0, 0.1) is 0 Å². The summed E-state index contributed by atoms with van der Waals surface area (Å²) in [5, 5.41) is 12.2. The van der Waals surface area contributed by atoms with E-state index in [-0.39, 0.29) is 0 Å². The molecule has 0 radical (unpaired) electrons. The number of nitrogens with zero attached hydrogens (tertiary/aromatic N) is 1. The van der Waals surface area contributed by atoms with Gasteiger partial charge in [0.25, 0.3) is 0 Å². The molecule has 0 atom stereocenters. The van der Waals surface area contributed by atoms with Gasteiger partial charge in [-0.2, -0.15) is 0 Å². The van der Waals surface area contributed by atoms with E-state index in [1.807, 2.05) is 14.1 Å². The highest BCUT2D eigenvalue weighted by atomic mass is 16.4. The molecule has 2 N–H and O–H groups in total. The fraction of sp³-hybridized carbons (Fsp3) is 0.900. The van der Waals surface area contributed by atoms with E-state index in [0.717, 1.165) is 38.8 Å². The molecule has 1 aliphatic rings. The van der Waals surface area contributed by atoms with Crippen LogP contribution in [-0.2, 0) is 4.79 Å². The number of carboxylic acid groups (broad SMARTS) is 1. The second-order valence-corrected chi connectivity index (χ2v) is 4.32. The Morgan fingerprint density at radius 2 is 2.14 bits per heavy atom. The summed E-state index contributed by atoms with van der Waals surface area (Å²) in [5.74, 6) is -0.686. The van der Waals surface area contributed by atoms with Crippen LogP contribution in [-0.4, -0.2) is 48.7 Å². The molecule has 0 aromatic rings. The molecule has 1 rings (SSSR count). The highest BCUT2D eigenvalue weighted by Crippen LogP contribution is 2.31. The Morgan fingerprint density at radius 1 is 1.50 bits per heavy atom. The average Bonchev–Trinajstić information content (AvgIpc) is 1.99. The zero-order valence-corrected chi connectivity index (χ0v) is 9.05. The summed E-state index contributed by atoms with van der Waals surface area (Å²) in [6.45, 7) is 1.80. The summed E-state index contributed by atoms with van der Waals surface area (Å²) in [7, 11) is 4.05. The number of aliphatic carboxylic acids is 1. The van der Waals surface area contributed by atoms with Crippen molar-refractivity contribution in [1.29, 1.82) is 0 Å². The fourth-order valence-corrected chi connectivity index (χ4v) is 1.72. The molecular weight excluding hydrogens is 180 g/mol. The van der Waals surface area contributed by atoms with Gasteiger partial charge in [0, 0.05) is 0 Å². The van der Waals surface area contributed by atoms with Gasteiger partial charge in [-0.1, -0.05) is 0 Å². The average molecular weight is 200 g/mol. The first-order chi connectivity index (χ1) is 6.57. The Bertz CT molecular complexity index is 200. The van der Waals surface area contributed by atoms with E-state index in [1.54, 1.807) is 0 Å². The summed E-state index contributed by atoms with van der Waals surface area (Å²) in [6, 6.07) is 0. The normalized spacial score (nSPS) is 19.4. The third-order valence-electron chi connectivity index (χ3n) is 2.86. The van der Waals surface area contributed by atoms with E-state index in [0.29, 0.717) is 0 Å². The standard InChI is InChI=1S/C10H20N2O2/c1-12(2)8-4-7-11-10(9(13)14)5-3-6-10/h11H,3-8H2,1-2H3,(H,13,14). The first-order valence-electron chi connectivity index (χ1n) is 5.20. The van der Waals surface area contributed by atoms with E-state index in [9.17, 15) is 4.79 Å². The maximum Gasteiger partial charge on any atom is 0.323 e. The molecule has 0 saturated heterocycles. The minimum atomic E-state index is -0.686. The van der Waals surface area contributed by atoms with Crippen LogP contribution in [0.25, 0.3) is 0 Å². The summed E-state index contributed by atoms with van der Waals surface area (Å²) in [4.78, 5) is 13.1. The van der Waals surface area contributed by atoms with E-state index < -0.39 is 11.5 Å². The first-order valence-corrected chi connectivity index (χ1v) is 5.20. The van der Waals surface area contributed by atoms with Crippen molar-refractivity contribution in [2.75, 3.05) is 27.2 Å². The van der Waals surface area contributed by atoms with Gasteiger partial charge >= 0.3 is 5.97 Å². The molecule has 14 heavy (non-hydrogen) atoms. The molecule has 1 fully saturated rings. The Hall–Kier alpha value is -0.610. The minimum Gasteiger partial charge on any atom is -0.480 e. The van der Waals surface area contributed by atoms with Crippen LogP contribution in [0.3, 0.4) is 0 Å². The molecule has 0 bridgehead atoms. The second-order valence-electron chi connectivity index (χ2n) is 4.32. The molecular formula is C10H20N2O2. The van der Waals surface area contributed by atoms with Crippen molar-refractivity contribution in [3.8, 4) is 0 Å². The van der Waals surface area contributed by atoms with Crippen molar-refractivity contribution >= 4 is 5.97 Å². The zero-order valence-electron chi connectivity index (χ0n) is 9.05. The summed E-state index contributed by atoms with van der Waals surface area (Å²) in [5.41, 5.74) is -0.591. The monoisotopic (exact) mass is 200 g/mol. The van der Waals surface area contributed by atoms with Crippen molar-refractivity contribution in [3.63, 3.8) is 0 Å². The van der Waals surface area contributed by atoms with Crippen LogP contribution < -0.4 is 5.32 Å². The third kappa shape index (κ3) is 2.69. The molecule has 0 unspecified atom stereocenters. The SMILES string of the molecule is CN(C)CCCNC1(C(=O)O)CCC1. The predicted octanol–water partition coefficient (Wildman–Crippen LogP) is 0.535. The summed E-state index contributed by atoms with van der Waals surface area (Å²) in [6.07, 6.45) is 3.60. The largest absolute Gasteiger partial charge is 0.480 e. The van der Waals surface area contributed by atoms with Crippen molar-refractivity contribution in [2.24, 2.45) is 0 Å². The lowest BCUT2D eigenvalue weighted by molar-refractivity contribution is -0.148. The van der Waals surface area contributed by atoms with Crippen LogP contribution in [0.5, 0.6) is 0 Å². The molecule has 0 amide bonds. The molecule has 4 heteroatoms. The van der Waals surface area contributed by atoms with Gasteiger partial charge < -0.3 is 15.3 Å². The van der Waals surface area contributed by atoms with Crippen molar-refractivity contribution in [2.45, 2.75) is 31.2 Å². The number of carboxylic acids is 1. The lowest BCUT2D eigenvalue weighted by Crippen LogP contribution is -2.57. The molecule has 0 aromatic carbocycles. The lowest BCUT2D eigenvalue weighted by Gasteiger charge is -2.38. The van der Waals surface area contributed by atoms with Crippen molar-refractivity contribution in [3.05, 3.63) is 0 Å². The van der Waals surface area contributed by atoms with Crippen LogP contribution in [0.15, 0.2) is 0 Å². The van der Waals surface area contributed by atoms with Crippen molar-refractivity contribution in [1.82, 2.24) is 10.2 Å². The Kier molecular flexibility index (Phi) is 3.89. The first kappa shape index (κ1) is 11.5. The molecule has 1 saturated carbocycles. The second kappa shape index (κ2) is 4.75. The predicted molar refractivity (Wildman–Crippen MR) is 55.4 cm³/mol. The molecule has 82 valence electrons. The summed E-state index contributed by atoms with van der Waals surface area (Å²) < 4.78 is 0. The number of carbonyl (C=O) groups is 1. The smallest absolute Gasteiger partial charge is 0.323 e. The highest BCUT2D eigenvalue weighted by molar-refractivity contribution is 5.79.